The predicted molar refractivity (Wildman–Crippen MR) is 138 cm³/mol. The van der Waals surface area contributed by atoms with E-state index in [1.54, 1.807) is 4.90 Å². The summed E-state index contributed by atoms with van der Waals surface area (Å²) in [5.74, 6) is -0.184. The minimum absolute atomic E-state index is 0.00142. The summed E-state index contributed by atoms with van der Waals surface area (Å²) in [6.07, 6.45) is 0.575. The zero-order chi connectivity index (χ0) is 24.9. The van der Waals surface area contributed by atoms with Crippen LogP contribution in [-0.2, 0) is 16.1 Å². The van der Waals surface area contributed by atoms with Crippen LogP contribution in [0.3, 0.4) is 0 Å². The van der Waals surface area contributed by atoms with Crippen LogP contribution in [0.2, 0.25) is 0 Å². The highest BCUT2D eigenvalue weighted by Gasteiger charge is 2.28. The summed E-state index contributed by atoms with van der Waals surface area (Å²) >= 11 is 1.47. The quantitative estimate of drug-likeness (QED) is 0.497. The molecule has 3 aromatic rings. The van der Waals surface area contributed by atoms with Crippen molar-refractivity contribution in [3.63, 3.8) is 0 Å². The van der Waals surface area contributed by atoms with Crippen molar-refractivity contribution in [1.82, 2.24) is 9.55 Å². The van der Waals surface area contributed by atoms with Crippen molar-refractivity contribution < 1.29 is 9.59 Å². The summed E-state index contributed by atoms with van der Waals surface area (Å²) in [7, 11) is 0. The second kappa shape index (κ2) is 10.6. The summed E-state index contributed by atoms with van der Waals surface area (Å²) in [6, 6.07) is 16.8. The number of H-pyrrole nitrogens is 1. The number of carbonyl (C=O) groups excluding carboxylic acids is 2. The fraction of sp³-hybridized carbons (Fsp3) is 0.280. The molecule has 2 heterocycles. The van der Waals surface area contributed by atoms with E-state index in [2.05, 4.69) is 4.98 Å². The summed E-state index contributed by atoms with van der Waals surface area (Å²) in [6.45, 7) is 2.46. The monoisotopic (exact) mass is 493 g/mol. The number of para-hydroxylation sites is 1. The summed E-state index contributed by atoms with van der Waals surface area (Å²) in [5.41, 5.74) is 6.51. The molecule has 0 bridgehead atoms. The Morgan fingerprint density at radius 2 is 1.80 bits per heavy atom. The Kier molecular flexibility index (Phi) is 7.40. The van der Waals surface area contributed by atoms with Crippen LogP contribution in [0.25, 0.3) is 0 Å². The molecule has 0 fully saturated rings. The summed E-state index contributed by atoms with van der Waals surface area (Å²) in [4.78, 5) is 57.5. The number of hydrogen-bond acceptors (Lipinski definition) is 6. The first kappa shape index (κ1) is 24.3. The normalized spacial score (nSPS) is 12.9. The molecule has 10 heteroatoms. The number of nitrogen functional groups attached to an aromatic ring is 1. The molecule has 9 nitrogen and oxygen atoms in total. The van der Waals surface area contributed by atoms with Crippen molar-refractivity contribution in [2.75, 3.05) is 34.4 Å². The second-order valence-corrected chi connectivity index (χ2v) is 9.18. The Morgan fingerprint density at radius 1 is 1.09 bits per heavy atom. The van der Waals surface area contributed by atoms with Crippen LogP contribution in [0.1, 0.15) is 25.3 Å². The lowest BCUT2D eigenvalue weighted by molar-refractivity contribution is -0.118. The average Bonchev–Trinajstić information content (AvgIpc) is 2.86. The third-order valence-corrected chi connectivity index (χ3v) is 6.82. The molecule has 0 radical (unpaired) electrons. The number of hydrogen-bond donors (Lipinski definition) is 2. The third kappa shape index (κ3) is 5.17. The molecule has 4 rings (SSSR count). The molecule has 0 spiro atoms. The van der Waals surface area contributed by atoms with Crippen LogP contribution < -0.4 is 26.8 Å². The van der Waals surface area contributed by atoms with E-state index < -0.39 is 11.2 Å². The molecule has 1 aromatic heterocycles. The van der Waals surface area contributed by atoms with E-state index in [0.717, 1.165) is 16.1 Å². The number of aromatic amines is 1. The second-order valence-electron chi connectivity index (χ2n) is 8.16. The van der Waals surface area contributed by atoms with Gasteiger partial charge in [0.25, 0.3) is 5.56 Å². The number of nitrogens with zero attached hydrogens (tertiary/aromatic N) is 3. The largest absolute Gasteiger partial charge is 0.383 e. The van der Waals surface area contributed by atoms with E-state index >= 15 is 0 Å². The molecule has 2 amide bonds. The maximum absolute atomic E-state index is 13.3. The highest BCUT2D eigenvalue weighted by atomic mass is 32.2. The van der Waals surface area contributed by atoms with Gasteiger partial charge in [-0.05, 0) is 24.1 Å². The molecule has 0 atom stereocenters. The number of nitrogens with two attached hydrogens (primary N) is 1. The van der Waals surface area contributed by atoms with Crippen molar-refractivity contribution in [2.45, 2.75) is 31.2 Å². The van der Waals surface area contributed by atoms with Gasteiger partial charge in [-0.3, -0.25) is 23.9 Å². The number of fused-ring (bicyclic) bond motifs is 1. The average molecular weight is 494 g/mol. The standard InChI is InChI=1S/C25H27N5O4S/c1-2-13-29(20(31)12-14-28-18-10-6-7-11-19(18)35-16-21(28)32)22-23(26)30(25(34)27-24(22)33)15-17-8-4-3-5-9-17/h3-11H,2,12-16,26H2,1H3,(H,27,33,34). The minimum atomic E-state index is -0.714. The van der Waals surface area contributed by atoms with E-state index in [1.165, 1.54) is 21.2 Å². The smallest absolute Gasteiger partial charge is 0.330 e. The lowest BCUT2D eigenvalue weighted by Crippen LogP contribution is -2.43. The zero-order valence-corrected chi connectivity index (χ0v) is 20.2. The Morgan fingerprint density at radius 3 is 2.54 bits per heavy atom. The van der Waals surface area contributed by atoms with E-state index in [9.17, 15) is 19.2 Å². The number of amides is 2. The van der Waals surface area contributed by atoms with Crippen LogP contribution in [0.4, 0.5) is 17.2 Å². The Labute approximate surface area is 206 Å². The molecule has 0 aliphatic carbocycles. The van der Waals surface area contributed by atoms with Crippen LogP contribution in [0, 0.1) is 0 Å². The maximum atomic E-state index is 13.3. The van der Waals surface area contributed by atoms with E-state index in [4.69, 9.17) is 5.73 Å². The van der Waals surface area contributed by atoms with Gasteiger partial charge in [0.1, 0.15) is 5.82 Å². The molecule has 0 saturated heterocycles. The fourth-order valence-corrected chi connectivity index (χ4v) is 5.02. The van der Waals surface area contributed by atoms with Gasteiger partial charge in [0.05, 0.1) is 18.0 Å². The van der Waals surface area contributed by atoms with Crippen LogP contribution in [-0.4, -0.2) is 40.2 Å². The van der Waals surface area contributed by atoms with Crippen molar-refractivity contribution in [1.29, 1.82) is 0 Å². The number of rotatable bonds is 8. The van der Waals surface area contributed by atoms with Gasteiger partial charge in [0, 0.05) is 24.4 Å². The number of thioether (sulfide) groups is 1. The van der Waals surface area contributed by atoms with Crippen LogP contribution in [0.15, 0.2) is 69.1 Å². The van der Waals surface area contributed by atoms with Crippen molar-refractivity contribution in [3.8, 4) is 0 Å². The molecule has 0 saturated carbocycles. The number of benzene rings is 2. The number of anilines is 3. The molecule has 2 aromatic carbocycles. The van der Waals surface area contributed by atoms with Gasteiger partial charge in [0.15, 0.2) is 5.69 Å². The first-order chi connectivity index (χ1) is 16.9. The predicted octanol–water partition coefficient (Wildman–Crippen LogP) is 2.44. The molecular weight excluding hydrogens is 466 g/mol. The fourth-order valence-electron chi connectivity index (χ4n) is 4.09. The van der Waals surface area contributed by atoms with Gasteiger partial charge in [0.2, 0.25) is 11.8 Å². The van der Waals surface area contributed by atoms with Crippen molar-refractivity contribution in [2.24, 2.45) is 0 Å². The van der Waals surface area contributed by atoms with Gasteiger partial charge < -0.3 is 15.5 Å². The molecule has 1 aliphatic heterocycles. The number of nitrogens with one attached hydrogen (secondary N) is 1. The van der Waals surface area contributed by atoms with Crippen LogP contribution in [0.5, 0.6) is 0 Å². The first-order valence-electron chi connectivity index (χ1n) is 11.4. The van der Waals surface area contributed by atoms with Gasteiger partial charge >= 0.3 is 5.69 Å². The molecule has 0 unspecified atom stereocenters. The van der Waals surface area contributed by atoms with Gasteiger partial charge in [-0.15, -0.1) is 11.8 Å². The first-order valence-corrected chi connectivity index (χ1v) is 12.4. The van der Waals surface area contributed by atoms with E-state index in [0.29, 0.717) is 12.2 Å². The highest BCUT2D eigenvalue weighted by Crippen LogP contribution is 2.35. The SMILES string of the molecule is CCCN(C(=O)CCN1C(=O)CSc2ccccc21)c1c(N)n(Cc2ccccc2)c(=O)[nH]c1=O. The molecule has 182 valence electrons. The number of aromatic nitrogens is 2. The van der Waals surface area contributed by atoms with Gasteiger partial charge in [-0.2, -0.15) is 0 Å². The van der Waals surface area contributed by atoms with E-state index in [1.807, 2.05) is 61.5 Å². The summed E-state index contributed by atoms with van der Waals surface area (Å²) in [5, 5.41) is 0. The van der Waals surface area contributed by atoms with Gasteiger partial charge in [-0.25, -0.2) is 4.79 Å². The molecule has 1 aliphatic rings. The van der Waals surface area contributed by atoms with Crippen molar-refractivity contribution in [3.05, 3.63) is 81.0 Å². The van der Waals surface area contributed by atoms with Gasteiger partial charge in [-0.1, -0.05) is 49.4 Å². The summed E-state index contributed by atoms with van der Waals surface area (Å²) < 4.78 is 1.25. The number of carbonyl (C=O) groups is 2. The molecule has 35 heavy (non-hydrogen) atoms. The van der Waals surface area contributed by atoms with Crippen LogP contribution >= 0.6 is 11.8 Å². The lowest BCUT2D eigenvalue weighted by Gasteiger charge is -2.30. The maximum Gasteiger partial charge on any atom is 0.330 e. The van der Waals surface area contributed by atoms with Crippen molar-refractivity contribution >= 4 is 40.8 Å². The topological polar surface area (TPSA) is 121 Å². The molecule has 3 N–H and O–H groups in total. The third-order valence-electron chi connectivity index (χ3n) is 5.77. The minimum Gasteiger partial charge on any atom is -0.383 e. The zero-order valence-electron chi connectivity index (χ0n) is 19.4. The lowest BCUT2D eigenvalue weighted by atomic mass is 10.2. The Bertz CT molecular complexity index is 1350. The Hall–Kier alpha value is -3.79. The van der Waals surface area contributed by atoms with E-state index in [-0.39, 0.29) is 49.4 Å². The molecular formula is C25H27N5O4S. The Balaban J connectivity index is 1.61. The highest BCUT2D eigenvalue weighted by molar-refractivity contribution is 8.00.